The van der Waals surface area contributed by atoms with Gasteiger partial charge in [0.25, 0.3) is 11.1 Å². The Morgan fingerprint density at radius 1 is 1.06 bits per heavy atom. The standard InChI is InChI=1S/C25H24N2O4S/c1-15(2)31-23(28)14-26-24(29)22(32-25(26)30)13-20-11-16(3)27(17(20)4)21-10-9-18-7-5-6-8-19(18)12-21/h5-13,15H,14H2,1-4H3/b22-13-. The first kappa shape index (κ1) is 21.9. The number of benzene rings is 2. The maximum atomic E-state index is 12.8. The Labute approximate surface area is 190 Å². The lowest BCUT2D eigenvalue weighted by atomic mass is 10.1. The Kier molecular flexibility index (Phi) is 5.93. The molecule has 7 heteroatoms. The number of aryl methyl sites for hydroxylation is 1. The van der Waals surface area contributed by atoms with Crippen molar-refractivity contribution < 1.29 is 19.1 Å². The SMILES string of the molecule is Cc1cc(/C=C2\SC(=O)N(CC(=O)OC(C)C)C2=O)c(C)n1-c1ccc2ccccc2c1. The van der Waals surface area contributed by atoms with Crippen LogP contribution in [0.1, 0.15) is 30.8 Å². The summed E-state index contributed by atoms with van der Waals surface area (Å²) in [6.07, 6.45) is 1.41. The molecule has 0 bridgehead atoms. The highest BCUT2D eigenvalue weighted by Gasteiger charge is 2.37. The Morgan fingerprint density at radius 2 is 1.78 bits per heavy atom. The summed E-state index contributed by atoms with van der Waals surface area (Å²) >= 11 is 0.841. The van der Waals surface area contributed by atoms with E-state index >= 15 is 0 Å². The third-order valence-electron chi connectivity index (χ3n) is 5.28. The number of hydrogen-bond acceptors (Lipinski definition) is 5. The van der Waals surface area contributed by atoms with Gasteiger partial charge in [0.2, 0.25) is 0 Å². The molecule has 0 N–H and O–H groups in total. The van der Waals surface area contributed by atoms with Crippen LogP contribution in [0.15, 0.2) is 53.4 Å². The van der Waals surface area contributed by atoms with Crippen molar-refractivity contribution in [3.8, 4) is 5.69 Å². The lowest BCUT2D eigenvalue weighted by Gasteiger charge is -2.13. The van der Waals surface area contributed by atoms with Crippen molar-refractivity contribution in [2.24, 2.45) is 0 Å². The molecule has 0 aliphatic carbocycles. The summed E-state index contributed by atoms with van der Waals surface area (Å²) in [7, 11) is 0. The number of fused-ring (bicyclic) bond motifs is 1. The maximum absolute atomic E-state index is 12.8. The fraction of sp³-hybridized carbons (Fsp3) is 0.240. The summed E-state index contributed by atoms with van der Waals surface area (Å²) in [5.41, 5.74) is 3.86. The number of imide groups is 1. The monoisotopic (exact) mass is 448 g/mol. The van der Waals surface area contributed by atoms with Gasteiger partial charge < -0.3 is 9.30 Å². The smallest absolute Gasteiger partial charge is 0.326 e. The summed E-state index contributed by atoms with van der Waals surface area (Å²) in [6.45, 7) is 7.05. The predicted octanol–water partition coefficient (Wildman–Crippen LogP) is 5.24. The van der Waals surface area contributed by atoms with Crippen LogP contribution in [0.5, 0.6) is 0 Å². The third kappa shape index (κ3) is 4.21. The molecule has 1 aliphatic heterocycles. The molecule has 1 saturated heterocycles. The summed E-state index contributed by atoms with van der Waals surface area (Å²) in [5, 5.41) is 1.85. The van der Waals surface area contributed by atoms with Gasteiger partial charge in [-0.3, -0.25) is 19.3 Å². The van der Waals surface area contributed by atoms with E-state index in [4.69, 9.17) is 4.74 Å². The van der Waals surface area contributed by atoms with Gasteiger partial charge in [-0.05, 0) is 80.1 Å². The fourth-order valence-corrected chi connectivity index (χ4v) is 4.68. The quantitative estimate of drug-likeness (QED) is 0.395. The first-order valence-corrected chi connectivity index (χ1v) is 11.2. The van der Waals surface area contributed by atoms with Gasteiger partial charge in [0.1, 0.15) is 6.54 Å². The van der Waals surface area contributed by atoms with Crippen LogP contribution in [0, 0.1) is 13.8 Å². The number of carbonyl (C=O) groups excluding carboxylic acids is 3. The van der Waals surface area contributed by atoms with E-state index in [0.29, 0.717) is 4.91 Å². The van der Waals surface area contributed by atoms with Gasteiger partial charge in [-0.2, -0.15) is 0 Å². The summed E-state index contributed by atoms with van der Waals surface area (Å²) in [6, 6.07) is 16.5. The summed E-state index contributed by atoms with van der Waals surface area (Å²) in [4.78, 5) is 38.2. The molecule has 0 saturated carbocycles. The van der Waals surface area contributed by atoms with Crippen molar-refractivity contribution in [1.29, 1.82) is 0 Å². The van der Waals surface area contributed by atoms with E-state index in [-0.39, 0.29) is 12.6 Å². The Morgan fingerprint density at radius 3 is 2.50 bits per heavy atom. The minimum Gasteiger partial charge on any atom is -0.462 e. The molecule has 0 unspecified atom stereocenters. The van der Waals surface area contributed by atoms with Crippen LogP contribution in [0.3, 0.4) is 0 Å². The first-order valence-electron chi connectivity index (χ1n) is 10.4. The van der Waals surface area contributed by atoms with Crippen molar-refractivity contribution in [3.05, 3.63) is 70.4 Å². The van der Waals surface area contributed by atoms with E-state index in [1.165, 1.54) is 5.39 Å². The number of esters is 1. The summed E-state index contributed by atoms with van der Waals surface area (Å²) in [5.74, 6) is -1.07. The minimum atomic E-state index is -0.599. The van der Waals surface area contributed by atoms with Gasteiger partial charge in [-0.25, -0.2) is 0 Å². The van der Waals surface area contributed by atoms with Gasteiger partial charge in [-0.15, -0.1) is 0 Å². The molecule has 1 aromatic heterocycles. The Balaban J connectivity index is 1.63. The average molecular weight is 449 g/mol. The van der Waals surface area contributed by atoms with E-state index in [0.717, 1.165) is 44.7 Å². The fourth-order valence-electron chi connectivity index (χ4n) is 3.85. The minimum absolute atomic E-state index is 0.297. The van der Waals surface area contributed by atoms with Crippen LogP contribution in [0.25, 0.3) is 22.5 Å². The van der Waals surface area contributed by atoms with Crippen LogP contribution in [-0.2, 0) is 14.3 Å². The van der Waals surface area contributed by atoms with E-state index < -0.39 is 17.1 Å². The average Bonchev–Trinajstić information content (AvgIpc) is 3.16. The number of ether oxygens (including phenoxy) is 1. The number of thioether (sulfide) groups is 1. The van der Waals surface area contributed by atoms with Crippen LogP contribution in [0.4, 0.5) is 4.79 Å². The highest BCUT2D eigenvalue weighted by Crippen LogP contribution is 2.34. The van der Waals surface area contributed by atoms with Crippen molar-refractivity contribution in [2.75, 3.05) is 6.54 Å². The normalized spacial score (nSPS) is 15.4. The number of amides is 2. The van der Waals surface area contributed by atoms with Gasteiger partial charge in [0.05, 0.1) is 11.0 Å². The van der Waals surface area contributed by atoms with E-state index in [1.54, 1.807) is 19.9 Å². The Bertz CT molecular complexity index is 1270. The second kappa shape index (κ2) is 8.67. The molecule has 2 aromatic carbocycles. The topological polar surface area (TPSA) is 68.6 Å². The summed E-state index contributed by atoms with van der Waals surface area (Å²) < 4.78 is 7.19. The molecule has 1 fully saturated rings. The third-order valence-corrected chi connectivity index (χ3v) is 6.18. The highest BCUT2D eigenvalue weighted by molar-refractivity contribution is 8.18. The molecular weight excluding hydrogens is 424 g/mol. The zero-order valence-corrected chi connectivity index (χ0v) is 19.2. The van der Waals surface area contributed by atoms with Gasteiger partial charge in [0, 0.05) is 17.1 Å². The lowest BCUT2D eigenvalue weighted by molar-refractivity contribution is -0.149. The van der Waals surface area contributed by atoms with Crippen molar-refractivity contribution in [1.82, 2.24) is 9.47 Å². The van der Waals surface area contributed by atoms with Crippen LogP contribution in [0.2, 0.25) is 0 Å². The molecule has 0 atom stereocenters. The molecule has 32 heavy (non-hydrogen) atoms. The molecular formula is C25H24N2O4S. The van der Waals surface area contributed by atoms with Crippen molar-refractivity contribution in [2.45, 2.75) is 33.8 Å². The van der Waals surface area contributed by atoms with Crippen LogP contribution >= 0.6 is 11.8 Å². The zero-order valence-electron chi connectivity index (χ0n) is 18.4. The van der Waals surface area contributed by atoms with E-state index in [1.807, 2.05) is 32.0 Å². The van der Waals surface area contributed by atoms with Crippen LogP contribution < -0.4 is 0 Å². The molecule has 2 amide bonds. The molecule has 0 spiro atoms. The van der Waals surface area contributed by atoms with E-state index in [2.05, 4.69) is 34.9 Å². The number of hydrogen-bond donors (Lipinski definition) is 0. The van der Waals surface area contributed by atoms with E-state index in [9.17, 15) is 14.4 Å². The van der Waals surface area contributed by atoms with Crippen molar-refractivity contribution >= 4 is 45.7 Å². The van der Waals surface area contributed by atoms with Crippen LogP contribution in [-0.4, -0.2) is 39.2 Å². The molecule has 6 nitrogen and oxygen atoms in total. The predicted molar refractivity (Wildman–Crippen MR) is 127 cm³/mol. The molecule has 4 rings (SSSR count). The van der Waals surface area contributed by atoms with Crippen molar-refractivity contribution in [3.63, 3.8) is 0 Å². The number of rotatable bonds is 5. The molecule has 1 aliphatic rings. The van der Waals surface area contributed by atoms with Gasteiger partial charge in [0.15, 0.2) is 0 Å². The van der Waals surface area contributed by atoms with Gasteiger partial charge in [-0.1, -0.05) is 30.3 Å². The number of aromatic nitrogens is 1. The number of carbonyl (C=O) groups is 3. The van der Waals surface area contributed by atoms with Gasteiger partial charge >= 0.3 is 5.97 Å². The maximum Gasteiger partial charge on any atom is 0.326 e. The largest absolute Gasteiger partial charge is 0.462 e. The molecule has 3 aromatic rings. The second-order valence-corrected chi connectivity index (χ2v) is 8.99. The first-order chi connectivity index (χ1) is 15.2. The number of nitrogens with zero attached hydrogens (tertiary/aromatic N) is 2. The zero-order chi connectivity index (χ0) is 23.0. The molecule has 164 valence electrons. The Hall–Kier alpha value is -3.32. The molecule has 2 heterocycles. The highest BCUT2D eigenvalue weighted by atomic mass is 32.2. The second-order valence-electron chi connectivity index (χ2n) is 8.00. The lowest BCUT2D eigenvalue weighted by Crippen LogP contribution is -2.35. The molecule has 0 radical (unpaired) electrons.